The highest BCUT2D eigenvalue weighted by Gasteiger charge is 2.28. The summed E-state index contributed by atoms with van der Waals surface area (Å²) in [6.45, 7) is 8.99. The molecule has 0 spiro atoms. The fourth-order valence-corrected chi connectivity index (χ4v) is 3.53. The minimum Gasteiger partial charge on any atom is -0.494 e. The minimum absolute atomic E-state index is 0.0647. The Balaban J connectivity index is 1.76. The Morgan fingerprint density at radius 1 is 1.25 bits per heavy atom. The zero-order chi connectivity index (χ0) is 20.5. The number of piperidine rings is 1. The molecule has 156 valence electrons. The lowest BCUT2D eigenvalue weighted by atomic mass is 9.95. The molecule has 0 atom stereocenters. The molecule has 1 heterocycles. The molecule has 0 bridgehead atoms. The largest absolute Gasteiger partial charge is 0.494 e. The first-order chi connectivity index (χ1) is 13.5. The third-order valence-electron chi connectivity index (χ3n) is 5.40. The van der Waals surface area contributed by atoms with Gasteiger partial charge in [-0.25, -0.2) is 4.39 Å². The third-order valence-corrected chi connectivity index (χ3v) is 5.40. The molecule has 0 saturated carbocycles. The number of nitrogens with one attached hydrogen (secondary N) is 1. The van der Waals surface area contributed by atoms with Crippen molar-refractivity contribution in [3.8, 4) is 5.75 Å². The summed E-state index contributed by atoms with van der Waals surface area (Å²) in [5.41, 5.74) is 0.303. The topological polar surface area (TPSA) is 61.9 Å². The molecule has 7 heteroatoms. The van der Waals surface area contributed by atoms with Gasteiger partial charge in [0.1, 0.15) is 0 Å². The molecule has 2 rings (SSSR count). The Kier molecular flexibility index (Phi) is 8.70. The second-order valence-electron chi connectivity index (χ2n) is 7.09. The maximum Gasteiger partial charge on any atom is 0.253 e. The van der Waals surface area contributed by atoms with Gasteiger partial charge in [-0.3, -0.25) is 9.59 Å². The van der Waals surface area contributed by atoms with Gasteiger partial charge >= 0.3 is 0 Å². The lowest BCUT2D eigenvalue weighted by Crippen LogP contribution is -2.43. The van der Waals surface area contributed by atoms with E-state index >= 15 is 0 Å². The first-order valence-corrected chi connectivity index (χ1v) is 10.1. The van der Waals surface area contributed by atoms with E-state index < -0.39 is 5.82 Å². The van der Waals surface area contributed by atoms with Crippen molar-refractivity contribution in [2.45, 2.75) is 33.1 Å². The maximum absolute atomic E-state index is 13.8. The number of rotatable bonds is 9. The van der Waals surface area contributed by atoms with E-state index in [0.717, 1.165) is 26.1 Å². The zero-order valence-electron chi connectivity index (χ0n) is 17.2. The summed E-state index contributed by atoms with van der Waals surface area (Å²) in [5, 5.41) is 3.02. The number of likely N-dealkylation sites (tertiary alicyclic amines) is 1. The predicted molar refractivity (Wildman–Crippen MR) is 107 cm³/mol. The SMILES string of the molecule is CCN(CC)CCCNC(=O)C1CCN(C(=O)c2ccc(OC)c(F)c2)CC1. The highest BCUT2D eigenvalue weighted by Crippen LogP contribution is 2.22. The van der Waals surface area contributed by atoms with Crippen LogP contribution in [-0.2, 0) is 4.79 Å². The summed E-state index contributed by atoms with van der Waals surface area (Å²) in [5.74, 6) is -0.632. The molecule has 28 heavy (non-hydrogen) atoms. The second-order valence-corrected chi connectivity index (χ2v) is 7.09. The molecule has 0 radical (unpaired) electrons. The van der Waals surface area contributed by atoms with Gasteiger partial charge < -0.3 is 19.9 Å². The molecule has 1 aromatic carbocycles. The number of hydrogen-bond acceptors (Lipinski definition) is 4. The van der Waals surface area contributed by atoms with Crippen LogP contribution in [0.15, 0.2) is 18.2 Å². The fourth-order valence-electron chi connectivity index (χ4n) is 3.53. The number of amides is 2. The summed E-state index contributed by atoms with van der Waals surface area (Å²) >= 11 is 0. The summed E-state index contributed by atoms with van der Waals surface area (Å²) in [6, 6.07) is 4.23. The molecule has 6 nitrogen and oxygen atoms in total. The van der Waals surface area contributed by atoms with Crippen LogP contribution in [0.25, 0.3) is 0 Å². The van der Waals surface area contributed by atoms with Gasteiger partial charge in [0.05, 0.1) is 7.11 Å². The Morgan fingerprint density at radius 2 is 1.93 bits per heavy atom. The van der Waals surface area contributed by atoms with E-state index in [-0.39, 0.29) is 23.5 Å². The molecule has 1 fully saturated rings. The van der Waals surface area contributed by atoms with Gasteiger partial charge in [0.25, 0.3) is 5.91 Å². The fraction of sp³-hybridized carbons (Fsp3) is 0.619. The Hall–Kier alpha value is -2.15. The van der Waals surface area contributed by atoms with Gasteiger partial charge in [-0.1, -0.05) is 13.8 Å². The third kappa shape index (κ3) is 5.92. The molecule has 1 aliphatic heterocycles. The smallest absolute Gasteiger partial charge is 0.253 e. The van der Waals surface area contributed by atoms with Crippen molar-refractivity contribution < 1.29 is 18.7 Å². The summed E-state index contributed by atoms with van der Waals surface area (Å²) in [4.78, 5) is 28.9. The number of benzene rings is 1. The van der Waals surface area contributed by atoms with Gasteiger partial charge in [-0.2, -0.15) is 0 Å². The number of carbonyl (C=O) groups is 2. The standard InChI is InChI=1S/C21H32FN3O3/c1-4-24(5-2)12-6-11-23-20(26)16-9-13-25(14-10-16)21(27)17-7-8-19(28-3)18(22)15-17/h7-8,15-16H,4-6,9-14H2,1-3H3,(H,23,26). The highest BCUT2D eigenvalue weighted by molar-refractivity contribution is 5.94. The first-order valence-electron chi connectivity index (χ1n) is 10.1. The molecule has 0 aromatic heterocycles. The van der Waals surface area contributed by atoms with Gasteiger partial charge in [0.2, 0.25) is 5.91 Å². The van der Waals surface area contributed by atoms with E-state index in [0.29, 0.717) is 38.0 Å². The molecule has 1 N–H and O–H groups in total. The number of ether oxygens (including phenoxy) is 1. The van der Waals surface area contributed by atoms with Crippen molar-refractivity contribution in [3.63, 3.8) is 0 Å². The van der Waals surface area contributed by atoms with E-state index in [4.69, 9.17) is 4.74 Å². The molecule has 1 aromatic rings. The van der Waals surface area contributed by atoms with Crippen molar-refractivity contribution >= 4 is 11.8 Å². The van der Waals surface area contributed by atoms with E-state index in [1.165, 1.54) is 19.2 Å². The highest BCUT2D eigenvalue weighted by atomic mass is 19.1. The van der Waals surface area contributed by atoms with E-state index in [9.17, 15) is 14.0 Å². The number of methoxy groups -OCH3 is 1. The van der Waals surface area contributed by atoms with Crippen LogP contribution >= 0.6 is 0 Å². The van der Waals surface area contributed by atoms with Crippen LogP contribution < -0.4 is 10.1 Å². The van der Waals surface area contributed by atoms with Crippen LogP contribution in [0, 0.1) is 11.7 Å². The average molecular weight is 394 g/mol. The molecule has 1 saturated heterocycles. The predicted octanol–water partition coefficient (Wildman–Crippen LogP) is 2.53. The van der Waals surface area contributed by atoms with Crippen molar-refractivity contribution in [1.82, 2.24) is 15.1 Å². The monoisotopic (exact) mass is 393 g/mol. The van der Waals surface area contributed by atoms with Crippen LogP contribution in [0.1, 0.15) is 43.5 Å². The summed E-state index contributed by atoms with van der Waals surface area (Å²) < 4.78 is 18.7. The quantitative estimate of drug-likeness (QED) is 0.655. The molecule has 2 amide bonds. The molecular formula is C21H32FN3O3. The van der Waals surface area contributed by atoms with E-state index in [2.05, 4.69) is 24.1 Å². The Labute approximate surface area is 167 Å². The molecule has 1 aliphatic rings. The second kappa shape index (κ2) is 11.0. The van der Waals surface area contributed by atoms with Gasteiger partial charge in [0.15, 0.2) is 11.6 Å². The van der Waals surface area contributed by atoms with Crippen molar-refractivity contribution in [3.05, 3.63) is 29.6 Å². The van der Waals surface area contributed by atoms with Crippen LogP contribution in [0.4, 0.5) is 4.39 Å². The number of nitrogens with zero attached hydrogens (tertiary/aromatic N) is 2. The molecule has 0 aliphatic carbocycles. The van der Waals surface area contributed by atoms with Crippen molar-refractivity contribution in [2.24, 2.45) is 5.92 Å². The van der Waals surface area contributed by atoms with Crippen LogP contribution in [0.5, 0.6) is 5.75 Å². The number of halogens is 1. The minimum atomic E-state index is -0.549. The zero-order valence-corrected chi connectivity index (χ0v) is 17.2. The van der Waals surface area contributed by atoms with Crippen molar-refractivity contribution in [2.75, 3.05) is 46.4 Å². The van der Waals surface area contributed by atoms with Crippen molar-refractivity contribution in [1.29, 1.82) is 0 Å². The van der Waals surface area contributed by atoms with Crippen LogP contribution in [0.2, 0.25) is 0 Å². The first kappa shape index (κ1) is 22.1. The molecular weight excluding hydrogens is 361 g/mol. The average Bonchev–Trinajstić information content (AvgIpc) is 2.73. The lowest BCUT2D eigenvalue weighted by Gasteiger charge is -2.31. The molecule has 0 unspecified atom stereocenters. The summed E-state index contributed by atoms with van der Waals surface area (Å²) in [7, 11) is 1.39. The van der Waals surface area contributed by atoms with Gasteiger partial charge in [0, 0.05) is 31.1 Å². The summed E-state index contributed by atoms with van der Waals surface area (Å²) in [6.07, 6.45) is 2.20. The van der Waals surface area contributed by atoms with Crippen LogP contribution in [0.3, 0.4) is 0 Å². The van der Waals surface area contributed by atoms with Crippen LogP contribution in [-0.4, -0.2) is 68.0 Å². The van der Waals surface area contributed by atoms with Gasteiger partial charge in [-0.15, -0.1) is 0 Å². The lowest BCUT2D eigenvalue weighted by molar-refractivity contribution is -0.126. The van der Waals surface area contributed by atoms with E-state index in [1.807, 2.05) is 0 Å². The van der Waals surface area contributed by atoms with E-state index in [1.54, 1.807) is 11.0 Å². The maximum atomic E-state index is 13.8. The van der Waals surface area contributed by atoms with Gasteiger partial charge in [-0.05, 0) is 57.1 Å². The normalized spacial score (nSPS) is 15.0. The number of hydrogen-bond donors (Lipinski definition) is 1. The number of carbonyl (C=O) groups excluding carboxylic acids is 2. The Morgan fingerprint density at radius 3 is 2.50 bits per heavy atom. The Bertz CT molecular complexity index is 656.